The van der Waals surface area contributed by atoms with Crippen molar-refractivity contribution in [2.75, 3.05) is 13.2 Å². The summed E-state index contributed by atoms with van der Waals surface area (Å²) in [5.74, 6) is -0.511. The van der Waals surface area contributed by atoms with E-state index in [4.69, 9.17) is 28.7 Å². The standard InChI is InChI=1S/C30H54N3O10PS/c1-4-5-6-7-8-9-10-11-12-13-14-15-16-17-24(35)23(31-22(2)34)20-41-44(39,40)42-21-25-27(37)30(3,38)28(43-25)33-19-18-26(36)32-29(33)45/h18-19,23-25,27-28,35,37-38H,4-17,20-21H2,1-3H3,(H,31,34)(H,39,40)(H,32,36,45)/t23-,24+,25+,27-,28+,30?/m0/s1/i21D2. The predicted molar refractivity (Wildman–Crippen MR) is 172 cm³/mol. The number of phosphoric ester groups is 1. The fraction of sp³-hybridized carbons (Fsp3) is 0.833. The fourth-order valence-electron chi connectivity index (χ4n) is 5.26. The van der Waals surface area contributed by atoms with Crippen molar-refractivity contribution >= 4 is 25.9 Å². The Balaban J connectivity index is 1.85. The number of aliphatic hydroxyl groups excluding tert-OH is 2. The Labute approximate surface area is 274 Å². The Morgan fingerprint density at radius 2 is 1.71 bits per heavy atom. The van der Waals surface area contributed by atoms with E-state index in [-0.39, 0.29) is 4.77 Å². The highest BCUT2D eigenvalue weighted by Crippen LogP contribution is 2.46. The lowest BCUT2D eigenvalue weighted by Gasteiger charge is -2.28. The van der Waals surface area contributed by atoms with Gasteiger partial charge in [-0.15, -0.1) is 0 Å². The lowest BCUT2D eigenvalue weighted by atomic mass is 9.96. The summed E-state index contributed by atoms with van der Waals surface area (Å²) in [5, 5.41) is 34.9. The lowest BCUT2D eigenvalue weighted by Crippen LogP contribution is -2.45. The van der Waals surface area contributed by atoms with Gasteiger partial charge in [0.25, 0.3) is 5.56 Å². The topological polar surface area (TPSA) is 193 Å². The molecule has 13 nitrogen and oxygen atoms in total. The first kappa shape index (κ1) is 36.4. The second-order valence-electron chi connectivity index (χ2n) is 12.0. The molecule has 1 saturated heterocycles. The number of nitrogens with one attached hydrogen (secondary N) is 2. The van der Waals surface area contributed by atoms with Gasteiger partial charge in [-0.05, 0) is 25.6 Å². The number of carbonyl (C=O) groups excluding carboxylic acids is 1. The Morgan fingerprint density at radius 1 is 1.16 bits per heavy atom. The van der Waals surface area contributed by atoms with E-state index in [1.807, 2.05) is 0 Å². The van der Waals surface area contributed by atoms with Crippen LogP contribution in [0.25, 0.3) is 0 Å². The van der Waals surface area contributed by atoms with E-state index >= 15 is 0 Å². The molecule has 7 atom stereocenters. The molecule has 1 aromatic rings. The van der Waals surface area contributed by atoms with Crippen LogP contribution in [0.2, 0.25) is 0 Å². The van der Waals surface area contributed by atoms with Crippen molar-refractivity contribution in [2.24, 2.45) is 0 Å². The summed E-state index contributed by atoms with van der Waals surface area (Å²) < 4.78 is 45.5. The van der Waals surface area contributed by atoms with Crippen LogP contribution in [-0.4, -0.2) is 78.8 Å². The van der Waals surface area contributed by atoms with Gasteiger partial charge in [-0.1, -0.05) is 90.4 Å². The number of amides is 1. The van der Waals surface area contributed by atoms with Gasteiger partial charge >= 0.3 is 7.82 Å². The highest BCUT2D eigenvalue weighted by molar-refractivity contribution is 7.71. The minimum absolute atomic E-state index is 0.186. The van der Waals surface area contributed by atoms with Gasteiger partial charge < -0.3 is 30.3 Å². The number of hydrogen-bond acceptors (Lipinski definition) is 10. The van der Waals surface area contributed by atoms with E-state index in [1.165, 1.54) is 70.9 Å². The maximum absolute atomic E-state index is 12.8. The number of ether oxygens (including phenoxy) is 1. The third-order valence-corrected chi connectivity index (χ3v) is 9.05. The van der Waals surface area contributed by atoms with Crippen LogP contribution in [-0.2, 0) is 23.1 Å². The van der Waals surface area contributed by atoms with E-state index in [0.29, 0.717) is 12.8 Å². The molecule has 1 amide bonds. The van der Waals surface area contributed by atoms with Crippen LogP contribution in [0.4, 0.5) is 0 Å². The normalized spacial score (nSPS) is 25.3. The summed E-state index contributed by atoms with van der Waals surface area (Å²) in [4.78, 5) is 36.0. The molecular weight excluding hydrogens is 625 g/mol. The highest BCUT2D eigenvalue weighted by atomic mass is 32.1. The summed E-state index contributed by atoms with van der Waals surface area (Å²) >= 11 is 5.08. The molecule has 1 aliphatic rings. The molecule has 6 N–H and O–H groups in total. The molecular formula is C30H54N3O10PS. The van der Waals surface area contributed by atoms with E-state index in [9.17, 15) is 34.4 Å². The van der Waals surface area contributed by atoms with Gasteiger partial charge in [0.2, 0.25) is 5.91 Å². The summed E-state index contributed by atoms with van der Waals surface area (Å²) in [5.41, 5.74) is -2.71. The number of carbonyl (C=O) groups is 1. The molecule has 2 unspecified atom stereocenters. The molecule has 1 aliphatic heterocycles. The first-order valence-corrected chi connectivity index (χ1v) is 17.9. The van der Waals surface area contributed by atoms with Gasteiger partial charge in [-0.25, -0.2) is 4.57 Å². The molecule has 2 heterocycles. The van der Waals surface area contributed by atoms with Crippen molar-refractivity contribution in [2.45, 2.75) is 147 Å². The van der Waals surface area contributed by atoms with Crippen molar-refractivity contribution in [1.82, 2.24) is 14.9 Å². The van der Waals surface area contributed by atoms with Crippen molar-refractivity contribution in [3.8, 4) is 0 Å². The quantitative estimate of drug-likeness (QED) is 0.0545. The van der Waals surface area contributed by atoms with Crippen LogP contribution in [0.1, 0.15) is 120 Å². The second-order valence-corrected chi connectivity index (χ2v) is 13.7. The molecule has 1 aromatic heterocycles. The third-order valence-electron chi connectivity index (χ3n) is 7.92. The molecule has 0 aromatic carbocycles. The zero-order chi connectivity index (χ0) is 35.3. The first-order chi connectivity index (χ1) is 22.0. The van der Waals surface area contributed by atoms with Gasteiger partial charge in [-0.3, -0.25) is 28.2 Å². The summed E-state index contributed by atoms with van der Waals surface area (Å²) in [7, 11) is -5.22. The number of hydrogen-bond donors (Lipinski definition) is 6. The molecule has 1 fully saturated rings. The number of aromatic amines is 1. The summed E-state index contributed by atoms with van der Waals surface area (Å²) in [6.07, 6.45) is 9.98. The molecule has 0 spiro atoms. The Kier molecular flexibility index (Phi) is 16.2. The SMILES string of the molecule is [2H]C([2H])(OP(=O)(O)OC[C@H](NC(C)=O)[C@H](O)CCCCCCCCCCCCCCC)[C@H]1O[C@@H](n2ccc(=O)[nH]c2=S)C(C)(O)[C@H]1O. The summed E-state index contributed by atoms with van der Waals surface area (Å²) in [6, 6.07) is -0.00517. The third kappa shape index (κ3) is 14.0. The molecule has 45 heavy (non-hydrogen) atoms. The van der Waals surface area contributed by atoms with Gasteiger partial charge in [0.1, 0.15) is 17.8 Å². The second kappa shape index (κ2) is 20.0. The van der Waals surface area contributed by atoms with Crippen LogP contribution < -0.4 is 10.9 Å². The van der Waals surface area contributed by atoms with Crippen molar-refractivity contribution in [1.29, 1.82) is 0 Å². The zero-order valence-electron chi connectivity index (χ0n) is 28.7. The van der Waals surface area contributed by atoms with E-state index < -0.39 is 68.6 Å². The van der Waals surface area contributed by atoms with Crippen molar-refractivity contribution in [3.63, 3.8) is 0 Å². The number of rotatable bonds is 23. The molecule has 0 radical (unpaired) electrons. The van der Waals surface area contributed by atoms with Gasteiger partial charge in [0.15, 0.2) is 11.0 Å². The van der Waals surface area contributed by atoms with Gasteiger partial charge in [0.05, 0.1) is 28.1 Å². The number of H-pyrrole nitrogens is 1. The average Bonchev–Trinajstić information content (AvgIpc) is 3.21. The molecule has 0 saturated carbocycles. The van der Waals surface area contributed by atoms with E-state index in [1.54, 1.807) is 0 Å². The monoisotopic (exact) mass is 681 g/mol. The van der Waals surface area contributed by atoms with E-state index in [2.05, 4.69) is 17.2 Å². The largest absolute Gasteiger partial charge is 0.472 e. The minimum Gasteiger partial charge on any atom is -0.391 e. The number of aliphatic hydroxyl groups is 3. The molecule has 0 aliphatic carbocycles. The van der Waals surface area contributed by atoms with Crippen molar-refractivity contribution < 1.29 is 46.1 Å². The number of aromatic nitrogens is 2. The van der Waals surface area contributed by atoms with Gasteiger partial charge in [-0.2, -0.15) is 0 Å². The smallest absolute Gasteiger partial charge is 0.391 e. The molecule has 260 valence electrons. The molecule has 15 heteroatoms. The fourth-order valence-corrected chi connectivity index (χ4v) is 6.15. The minimum atomic E-state index is -5.22. The Bertz CT molecular complexity index is 1270. The highest BCUT2D eigenvalue weighted by Gasteiger charge is 2.53. The van der Waals surface area contributed by atoms with Crippen LogP contribution in [0.5, 0.6) is 0 Å². The number of nitrogens with zero attached hydrogens (tertiary/aromatic N) is 1. The van der Waals surface area contributed by atoms with Crippen LogP contribution in [0.15, 0.2) is 17.1 Å². The van der Waals surface area contributed by atoms with E-state index in [0.717, 1.165) is 36.8 Å². The maximum Gasteiger partial charge on any atom is 0.472 e. The molecule has 2 rings (SSSR count). The average molecular weight is 682 g/mol. The Hall–Kier alpha value is -1.48. The van der Waals surface area contributed by atoms with Crippen LogP contribution in [0.3, 0.4) is 0 Å². The summed E-state index contributed by atoms with van der Waals surface area (Å²) in [6.45, 7) is 0.702. The predicted octanol–water partition coefficient (Wildman–Crippen LogP) is 4.40. The van der Waals surface area contributed by atoms with Crippen LogP contribution in [0, 0.1) is 4.77 Å². The molecule has 0 bridgehead atoms. The van der Waals surface area contributed by atoms with Gasteiger partial charge in [0, 0.05) is 19.2 Å². The number of phosphoric acid groups is 1. The Morgan fingerprint density at radius 3 is 2.24 bits per heavy atom. The van der Waals surface area contributed by atoms with Crippen LogP contribution >= 0.6 is 20.0 Å². The van der Waals surface area contributed by atoms with Crippen molar-refractivity contribution in [3.05, 3.63) is 27.4 Å². The number of unbranched alkanes of at least 4 members (excludes halogenated alkanes) is 12. The zero-order valence-corrected chi connectivity index (χ0v) is 28.4. The lowest BCUT2D eigenvalue weighted by molar-refractivity contribution is -0.121. The first-order valence-electron chi connectivity index (χ1n) is 17.0. The maximum atomic E-state index is 12.8.